The first kappa shape index (κ1) is 17.0. The number of hydrogen-bond acceptors (Lipinski definition) is 3. The zero-order valence-electron chi connectivity index (χ0n) is 16.0. The molecule has 0 amide bonds. The minimum atomic E-state index is 0.825. The lowest BCUT2D eigenvalue weighted by atomic mass is 9.80. The molecule has 1 aliphatic heterocycles. The van der Waals surface area contributed by atoms with Gasteiger partial charge in [0.05, 0.1) is 11.3 Å². The Balaban J connectivity index is 1.82. The molecule has 2 heterocycles. The molecule has 0 unspecified atom stereocenters. The monoisotopic (exact) mass is 365 g/mol. The molecular weight excluding hydrogens is 342 g/mol. The molecule has 3 aromatic rings. The summed E-state index contributed by atoms with van der Waals surface area (Å²) in [7, 11) is 0. The molecule has 0 spiro atoms. The van der Waals surface area contributed by atoms with Crippen molar-refractivity contribution >= 4 is 5.69 Å². The zero-order valence-corrected chi connectivity index (χ0v) is 16.0. The number of nitrogens with zero attached hydrogens (tertiary/aromatic N) is 3. The molecule has 138 valence electrons. The fourth-order valence-electron chi connectivity index (χ4n) is 4.75. The topological polar surface area (TPSA) is 39.9 Å². The third-order valence-corrected chi connectivity index (χ3v) is 6.08. The largest absolute Gasteiger partial charge is 0.370 e. The van der Waals surface area contributed by atoms with Crippen LogP contribution in [0.5, 0.6) is 0 Å². The van der Waals surface area contributed by atoms with Gasteiger partial charge in [0, 0.05) is 36.1 Å². The molecule has 28 heavy (non-hydrogen) atoms. The Kier molecular flexibility index (Phi) is 4.33. The van der Waals surface area contributed by atoms with Crippen LogP contribution in [0, 0.1) is 11.3 Å². The van der Waals surface area contributed by atoms with Gasteiger partial charge in [0.1, 0.15) is 6.07 Å². The lowest BCUT2D eigenvalue weighted by Crippen LogP contribution is -2.30. The van der Waals surface area contributed by atoms with Crippen molar-refractivity contribution in [2.24, 2.45) is 0 Å². The molecule has 0 atom stereocenters. The first-order valence-corrected chi connectivity index (χ1v) is 10.2. The fourth-order valence-corrected chi connectivity index (χ4v) is 4.75. The molecule has 0 N–H and O–H groups in total. The van der Waals surface area contributed by atoms with Crippen LogP contribution in [0.3, 0.4) is 0 Å². The highest BCUT2D eigenvalue weighted by molar-refractivity contribution is 5.90. The molecule has 1 fully saturated rings. The highest BCUT2D eigenvalue weighted by Crippen LogP contribution is 2.44. The summed E-state index contributed by atoms with van der Waals surface area (Å²) in [6.07, 6.45) is 7.39. The highest BCUT2D eigenvalue weighted by atomic mass is 15.1. The highest BCUT2D eigenvalue weighted by Gasteiger charge is 2.27. The van der Waals surface area contributed by atoms with Crippen molar-refractivity contribution < 1.29 is 0 Å². The maximum atomic E-state index is 10.2. The normalized spacial score (nSPS) is 15.5. The van der Waals surface area contributed by atoms with E-state index in [2.05, 4.69) is 58.4 Å². The standard InChI is InChI=1S/C25H23N3/c26-17-22-24(28-14-5-2-6-15-28)16-21(18-8-3-1-4-9-18)19-11-12-23-20(25(19)22)10-7-13-27-23/h1,3-4,7-10,13,16H,2,5-6,11-12,14-15H2. The van der Waals surface area contributed by atoms with E-state index in [-0.39, 0.29) is 0 Å². The number of benzene rings is 2. The number of aryl methyl sites for hydroxylation is 1. The van der Waals surface area contributed by atoms with Crippen LogP contribution in [-0.4, -0.2) is 18.1 Å². The van der Waals surface area contributed by atoms with Gasteiger partial charge in [0.25, 0.3) is 0 Å². The van der Waals surface area contributed by atoms with E-state index in [1.807, 2.05) is 12.3 Å². The Morgan fingerprint density at radius 2 is 1.71 bits per heavy atom. The average molecular weight is 365 g/mol. The molecule has 0 radical (unpaired) electrons. The number of piperidine rings is 1. The number of fused-ring (bicyclic) bond motifs is 3. The Labute approximate surface area is 166 Å². The van der Waals surface area contributed by atoms with Gasteiger partial charge in [0.15, 0.2) is 0 Å². The van der Waals surface area contributed by atoms with E-state index in [1.165, 1.54) is 36.0 Å². The van der Waals surface area contributed by atoms with Gasteiger partial charge in [0.2, 0.25) is 0 Å². The van der Waals surface area contributed by atoms with Crippen molar-refractivity contribution in [1.29, 1.82) is 5.26 Å². The number of pyridine rings is 1. The van der Waals surface area contributed by atoms with E-state index < -0.39 is 0 Å². The minimum Gasteiger partial charge on any atom is -0.370 e. The molecule has 1 saturated heterocycles. The van der Waals surface area contributed by atoms with E-state index >= 15 is 0 Å². The molecule has 0 bridgehead atoms. The predicted molar refractivity (Wildman–Crippen MR) is 113 cm³/mol. The molecule has 2 aliphatic rings. The van der Waals surface area contributed by atoms with Crippen LogP contribution < -0.4 is 4.90 Å². The van der Waals surface area contributed by atoms with Crippen molar-refractivity contribution in [3.8, 4) is 28.3 Å². The number of anilines is 1. The summed E-state index contributed by atoms with van der Waals surface area (Å²) in [5.41, 5.74) is 9.07. The summed E-state index contributed by atoms with van der Waals surface area (Å²) in [5.74, 6) is 0. The van der Waals surface area contributed by atoms with Gasteiger partial charge in [-0.05, 0) is 60.9 Å². The summed E-state index contributed by atoms with van der Waals surface area (Å²) in [5, 5.41) is 10.2. The second-order valence-electron chi connectivity index (χ2n) is 7.70. The first-order chi connectivity index (χ1) is 13.9. The van der Waals surface area contributed by atoms with E-state index in [4.69, 9.17) is 0 Å². The van der Waals surface area contributed by atoms with E-state index in [0.29, 0.717) is 0 Å². The van der Waals surface area contributed by atoms with Crippen molar-refractivity contribution in [3.63, 3.8) is 0 Å². The van der Waals surface area contributed by atoms with Gasteiger partial charge in [-0.1, -0.05) is 36.4 Å². The van der Waals surface area contributed by atoms with Gasteiger partial charge in [-0.3, -0.25) is 4.98 Å². The van der Waals surface area contributed by atoms with Crippen molar-refractivity contribution in [3.05, 3.63) is 71.5 Å². The Morgan fingerprint density at radius 1 is 0.893 bits per heavy atom. The van der Waals surface area contributed by atoms with Gasteiger partial charge < -0.3 is 4.90 Å². The Bertz CT molecular complexity index is 1060. The lowest BCUT2D eigenvalue weighted by molar-refractivity contribution is 0.577. The second kappa shape index (κ2) is 7.13. The number of rotatable bonds is 2. The van der Waals surface area contributed by atoms with Gasteiger partial charge in [-0.25, -0.2) is 0 Å². The SMILES string of the molecule is N#Cc1c(N2CCCCC2)cc(-c2ccccc2)c2c1-c1cccnc1CC2. The molecular formula is C25H23N3. The molecule has 1 aromatic heterocycles. The number of hydrogen-bond donors (Lipinski definition) is 0. The molecule has 2 aromatic carbocycles. The summed E-state index contributed by atoms with van der Waals surface area (Å²) in [6.45, 7) is 2.06. The summed E-state index contributed by atoms with van der Waals surface area (Å²) in [6, 6.07) is 19.6. The third kappa shape index (κ3) is 2.77. The number of aromatic nitrogens is 1. The summed E-state index contributed by atoms with van der Waals surface area (Å²) < 4.78 is 0. The molecule has 1 aliphatic carbocycles. The third-order valence-electron chi connectivity index (χ3n) is 6.08. The summed E-state index contributed by atoms with van der Waals surface area (Å²) in [4.78, 5) is 7.03. The Hall–Kier alpha value is -3.12. The number of nitriles is 1. The van der Waals surface area contributed by atoms with E-state index in [9.17, 15) is 5.26 Å². The second-order valence-corrected chi connectivity index (χ2v) is 7.70. The lowest BCUT2D eigenvalue weighted by Gasteiger charge is -2.33. The van der Waals surface area contributed by atoms with E-state index in [0.717, 1.165) is 54.0 Å². The van der Waals surface area contributed by atoms with Crippen LogP contribution in [0.1, 0.15) is 36.1 Å². The molecule has 3 nitrogen and oxygen atoms in total. The predicted octanol–water partition coefficient (Wildman–Crippen LogP) is 5.38. The maximum absolute atomic E-state index is 10.2. The van der Waals surface area contributed by atoms with Crippen molar-refractivity contribution in [2.45, 2.75) is 32.1 Å². The van der Waals surface area contributed by atoms with Crippen LogP contribution in [0.4, 0.5) is 5.69 Å². The van der Waals surface area contributed by atoms with Crippen molar-refractivity contribution in [1.82, 2.24) is 4.98 Å². The van der Waals surface area contributed by atoms with Gasteiger partial charge in [-0.15, -0.1) is 0 Å². The van der Waals surface area contributed by atoms with Crippen LogP contribution in [-0.2, 0) is 12.8 Å². The molecule has 0 saturated carbocycles. The average Bonchev–Trinajstić information content (AvgIpc) is 2.79. The quantitative estimate of drug-likeness (QED) is 0.612. The van der Waals surface area contributed by atoms with Gasteiger partial charge in [-0.2, -0.15) is 5.26 Å². The fraction of sp³-hybridized carbons (Fsp3) is 0.280. The molecule has 3 heteroatoms. The minimum absolute atomic E-state index is 0.825. The smallest absolute Gasteiger partial charge is 0.102 e. The van der Waals surface area contributed by atoms with Crippen LogP contribution >= 0.6 is 0 Å². The zero-order chi connectivity index (χ0) is 18.9. The van der Waals surface area contributed by atoms with Gasteiger partial charge >= 0.3 is 0 Å². The Morgan fingerprint density at radius 3 is 2.50 bits per heavy atom. The summed E-state index contributed by atoms with van der Waals surface area (Å²) >= 11 is 0. The van der Waals surface area contributed by atoms with E-state index in [1.54, 1.807) is 0 Å². The first-order valence-electron chi connectivity index (χ1n) is 10.2. The molecule has 5 rings (SSSR count). The van der Waals surface area contributed by atoms with Crippen LogP contribution in [0.25, 0.3) is 22.3 Å². The van der Waals surface area contributed by atoms with Crippen LogP contribution in [0.15, 0.2) is 54.7 Å². The van der Waals surface area contributed by atoms with Crippen molar-refractivity contribution in [2.75, 3.05) is 18.0 Å². The van der Waals surface area contributed by atoms with Crippen LogP contribution in [0.2, 0.25) is 0 Å². The maximum Gasteiger partial charge on any atom is 0.102 e.